The minimum Gasteiger partial charge on any atom is -0.465 e. The third-order valence-corrected chi connectivity index (χ3v) is 4.64. The molecule has 0 spiro atoms. The zero-order valence-electron chi connectivity index (χ0n) is 13.0. The standard InChI is InChI=1S/C17H22N2O3/c1-22-17(21)14-7-5-13(6-8-14)16(20)19-11-3-10-18-9-2-4-15(18)12-19/h5-8,15H,2-4,9-12H2,1H3. The topological polar surface area (TPSA) is 49.9 Å². The first kappa shape index (κ1) is 15.0. The summed E-state index contributed by atoms with van der Waals surface area (Å²) in [6.07, 6.45) is 3.45. The number of fused-ring (bicyclic) bond motifs is 1. The van der Waals surface area contributed by atoms with Crippen molar-refractivity contribution in [1.82, 2.24) is 9.80 Å². The van der Waals surface area contributed by atoms with E-state index in [0.717, 1.165) is 26.1 Å². The number of nitrogens with zero attached hydrogens (tertiary/aromatic N) is 2. The van der Waals surface area contributed by atoms with Crippen LogP contribution in [0.4, 0.5) is 0 Å². The first-order valence-electron chi connectivity index (χ1n) is 7.91. The highest BCUT2D eigenvalue weighted by Crippen LogP contribution is 2.22. The average molecular weight is 302 g/mol. The van der Waals surface area contributed by atoms with Crippen molar-refractivity contribution in [2.45, 2.75) is 25.3 Å². The maximum Gasteiger partial charge on any atom is 0.337 e. The average Bonchev–Trinajstić information content (AvgIpc) is 2.90. The Kier molecular flexibility index (Phi) is 4.43. The molecule has 2 saturated heterocycles. The molecule has 2 heterocycles. The summed E-state index contributed by atoms with van der Waals surface area (Å²) in [6, 6.07) is 7.25. The van der Waals surface area contributed by atoms with Crippen LogP contribution in [0.15, 0.2) is 24.3 Å². The molecule has 5 heteroatoms. The van der Waals surface area contributed by atoms with E-state index >= 15 is 0 Å². The minimum atomic E-state index is -0.379. The fourth-order valence-electron chi connectivity index (χ4n) is 3.44. The Labute approximate surface area is 130 Å². The van der Waals surface area contributed by atoms with Gasteiger partial charge in [-0.15, -0.1) is 0 Å². The van der Waals surface area contributed by atoms with Crippen LogP contribution in [-0.4, -0.2) is 61.0 Å². The van der Waals surface area contributed by atoms with Crippen LogP contribution < -0.4 is 0 Å². The second-order valence-corrected chi connectivity index (χ2v) is 6.01. The lowest BCUT2D eigenvalue weighted by molar-refractivity contribution is 0.0599. The van der Waals surface area contributed by atoms with E-state index in [1.807, 2.05) is 4.90 Å². The molecule has 22 heavy (non-hydrogen) atoms. The van der Waals surface area contributed by atoms with Crippen LogP contribution in [0, 0.1) is 0 Å². The number of ether oxygens (including phenoxy) is 1. The summed E-state index contributed by atoms with van der Waals surface area (Å²) in [6.45, 7) is 3.89. The van der Waals surface area contributed by atoms with Gasteiger partial charge in [0.1, 0.15) is 0 Å². The van der Waals surface area contributed by atoms with E-state index in [1.165, 1.54) is 26.5 Å². The number of hydrogen-bond donors (Lipinski definition) is 0. The highest BCUT2D eigenvalue weighted by molar-refractivity contribution is 5.96. The SMILES string of the molecule is COC(=O)c1ccc(C(=O)N2CCCN3CCCC3C2)cc1. The normalized spacial score (nSPS) is 22.0. The molecule has 1 aromatic rings. The third kappa shape index (κ3) is 2.99. The van der Waals surface area contributed by atoms with E-state index < -0.39 is 0 Å². The van der Waals surface area contributed by atoms with E-state index in [9.17, 15) is 9.59 Å². The van der Waals surface area contributed by atoms with Gasteiger partial charge in [0, 0.05) is 31.2 Å². The maximum absolute atomic E-state index is 12.7. The molecule has 1 atom stereocenters. The van der Waals surface area contributed by atoms with Gasteiger partial charge in [0.05, 0.1) is 12.7 Å². The van der Waals surface area contributed by atoms with Crippen LogP contribution in [-0.2, 0) is 4.74 Å². The predicted octanol–water partition coefficient (Wildman–Crippen LogP) is 1.78. The van der Waals surface area contributed by atoms with E-state index in [4.69, 9.17) is 0 Å². The molecule has 2 aliphatic rings. The van der Waals surface area contributed by atoms with Crippen molar-refractivity contribution in [3.63, 3.8) is 0 Å². The van der Waals surface area contributed by atoms with E-state index in [0.29, 0.717) is 17.2 Å². The molecule has 0 aromatic heterocycles. The highest BCUT2D eigenvalue weighted by Gasteiger charge is 2.30. The zero-order chi connectivity index (χ0) is 15.5. The molecule has 5 nitrogen and oxygen atoms in total. The molecular weight excluding hydrogens is 280 g/mol. The quantitative estimate of drug-likeness (QED) is 0.782. The number of carbonyl (C=O) groups is 2. The summed E-state index contributed by atoms with van der Waals surface area (Å²) in [7, 11) is 1.35. The lowest BCUT2D eigenvalue weighted by Crippen LogP contribution is -2.39. The molecule has 3 rings (SSSR count). The molecule has 0 saturated carbocycles. The van der Waals surface area contributed by atoms with Crippen LogP contribution in [0.3, 0.4) is 0 Å². The fraction of sp³-hybridized carbons (Fsp3) is 0.529. The van der Waals surface area contributed by atoms with Gasteiger partial charge < -0.3 is 9.64 Å². The summed E-state index contributed by atoms with van der Waals surface area (Å²) in [5.41, 5.74) is 1.11. The molecule has 0 radical (unpaired) electrons. The number of esters is 1. The summed E-state index contributed by atoms with van der Waals surface area (Å²) in [5.74, 6) is -0.319. The summed E-state index contributed by atoms with van der Waals surface area (Å²) in [4.78, 5) is 28.6. The summed E-state index contributed by atoms with van der Waals surface area (Å²) in [5, 5.41) is 0. The van der Waals surface area contributed by atoms with Gasteiger partial charge in [0.2, 0.25) is 0 Å². The molecule has 0 N–H and O–H groups in total. The fourth-order valence-corrected chi connectivity index (χ4v) is 3.44. The molecule has 0 aliphatic carbocycles. The Bertz CT molecular complexity index is 556. The van der Waals surface area contributed by atoms with Crippen LogP contribution in [0.25, 0.3) is 0 Å². The van der Waals surface area contributed by atoms with Crippen molar-refractivity contribution in [2.75, 3.05) is 33.3 Å². The van der Waals surface area contributed by atoms with Crippen LogP contribution >= 0.6 is 0 Å². The van der Waals surface area contributed by atoms with Crippen molar-refractivity contribution < 1.29 is 14.3 Å². The Morgan fingerprint density at radius 3 is 2.45 bits per heavy atom. The lowest BCUT2D eigenvalue weighted by atomic mass is 10.1. The molecule has 1 unspecified atom stereocenters. The molecular formula is C17H22N2O3. The third-order valence-electron chi connectivity index (χ3n) is 4.64. The van der Waals surface area contributed by atoms with Gasteiger partial charge in [0.25, 0.3) is 5.91 Å². The molecule has 1 aromatic carbocycles. The Morgan fingerprint density at radius 2 is 1.73 bits per heavy atom. The van der Waals surface area contributed by atoms with Crippen LogP contribution in [0.2, 0.25) is 0 Å². The number of rotatable bonds is 2. The molecule has 2 aliphatic heterocycles. The van der Waals surface area contributed by atoms with Gasteiger partial charge in [0.15, 0.2) is 0 Å². The van der Waals surface area contributed by atoms with Gasteiger partial charge in [-0.1, -0.05) is 0 Å². The van der Waals surface area contributed by atoms with Crippen molar-refractivity contribution >= 4 is 11.9 Å². The van der Waals surface area contributed by atoms with E-state index in [2.05, 4.69) is 9.64 Å². The minimum absolute atomic E-state index is 0.0603. The highest BCUT2D eigenvalue weighted by atomic mass is 16.5. The zero-order valence-corrected chi connectivity index (χ0v) is 13.0. The van der Waals surface area contributed by atoms with Gasteiger partial charge in [-0.05, 0) is 50.1 Å². The number of benzene rings is 1. The number of carbonyl (C=O) groups excluding carboxylic acids is 2. The largest absolute Gasteiger partial charge is 0.465 e. The monoisotopic (exact) mass is 302 g/mol. The Hall–Kier alpha value is -1.88. The van der Waals surface area contributed by atoms with Gasteiger partial charge in [-0.3, -0.25) is 9.69 Å². The Balaban J connectivity index is 1.71. The van der Waals surface area contributed by atoms with Crippen LogP contribution in [0.5, 0.6) is 0 Å². The summed E-state index contributed by atoms with van der Waals surface area (Å²) >= 11 is 0. The molecule has 1 amide bonds. The number of methoxy groups -OCH3 is 1. The first-order valence-corrected chi connectivity index (χ1v) is 7.91. The maximum atomic E-state index is 12.7. The molecule has 0 bridgehead atoms. The van der Waals surface area contributed by atoms with E-state index in [-0.39, 0.29) is 11.9 Å². The lowest BCUT2D eigenvalue weighted by Gasteiger charge is -2.25. The van der Waals surface area contributed by atoms with Crippen molar-refractivity contribution in [3.8, 4) is 0 Å². The van der Waals surface area contributed by atoms with Gasteiger partial charge in [-0.25, -0.2) is 4.79 Å². The smallest absolute Gasteiger partial charge is 0.337 e. The predicted molar refractivity (Wildman–Crippen MR) is 82.9 cm³/mol. The Morgan fingerprint density at radius 1 is 1.05 bits per heavy atom. The number of amides is 1. The second kappa shape index (κ2) is 6.48. The van der Waals surface area contributed by atoms with Crippen LogP contribution in [0.1, 0.15) is 40.0 Å². The molecule has 2 fully saturated rings. The van der Waals surface area contributed by atoms with Gasteiger partial charge in [-0.2, -0.15) is 0 Å². The second-order valence-electron chi connectivity index (χ2n) is 6.01. The van der Waals surface area contributed by atoms with Crippen molar-refractivity contribution in [2.24, 2.45) is 0 Å². The molecule has 118 valence electrons. The van der Waals surface area contributed by atoms with Crippen molar-refractivity contribution in [1.29, 1.82) is 0 Å². The summed E-state index contributed by atoms with van der Waals surface area (Å²) < 4.78 is 4.68. The first-order chi connectivity index (χ1) is 10.7. The van der Waals surface area contributed by atoms with E-state index in [1.54, 1.807) is 24.3 Å². The van der Waals surface area contributed by atoms with Crippen molar-refractivity contribution in [3.05, 3.63) is 35.4 Å². The number of hydrogen-bond acceptors (Lipinski definition) is 4. The van der Waals surface area contributed by atoms with Gasteiger partial charge >= 0.3 is 5.97 Å².